The number of halogens is 1. The van der Waals surface area contributed by atoms with Crippen molar-refractivity contribution in [2.45, 2.75) is 31.3 Å². The predicted octanol–water partition coefficient (Wildman–Crippen LogP) is 5.28. The molecule has 5 nitrogen and oxygen atoms in total. The third-order valence-electron chi connectivity index (χ3n) is 5.54. The molecular formula is C25H22ClNO4S. The first-order chi connectivity index (χ1) is 15.2. The molecule has 1 aliphatic heterocycles. The lowest BCUT2D eigenvalue weighted by molar-refractivity contribution is -0.130. The number of hydrogen-bond donors (Lipinski definition) is 1. The molecule has 3 aromatic rings. The highest BCUT2D eigenvalue weighted by atomic mass is 35.5. The highest BCUT2D eigenvalue weighted by Gasteiger charge is 2.46. The Labute approximate surface area is 192 Å². The van der Waals surface area contributed by atoms with E-state index in [1.54, 1.807) is 36.4 Å². The highest BCUT2D eigenvalue weighted by molar-refractivity contribution is 7.95. The summed E-state index contributed by atoms with van der Waals surface area (Å²) in [6, 6.07) is 19.6. The van der Waals surface area contributed by atoms with Crippen LogP contribution in [-0.2, 0) is 21.2 Å². The van der Waals surface area contributed by atoms with E-state index in [-0.39, 0.29) is 16.3 Å². The zero-order valence-corrected chi connectivity index (χ0v) is 19.2. The molecule has 0 aliphatic carbocycles. The summed E-state index contributed by atoms with van der Waals surface area (Å²) in [6.45, 7) is 3.95. The van der Waals surface area contributed by atoms with Crippen LogP contribution in [0.25, 0.3) is 0 Å². The van der Waals surface area contributed by atoms with Crippen LogP contribution in [0.4, 0.5) is 0 Å². The molecule has 3 aromatic carbocycles. The predicted molar refractivity (Wildman–Crippen MR) is 124 cm³/mol. The minimum atomic E-state index is -4.14. The van der Waals surface area contributed by atoms with E-state index < -0.39 is 27.5 Å². The van der Waals surface area contributed by atoms with E-state index in [0.717, 1.165) is 16.7 Å². The largest absolute Gasteiger partial charge is 0.502 e. The fraction of sp³-hybridized carbons (Fsp3) is 0.160. The number of carbonyl (C=O) groups is 1. The topological polar surface area (TPSA) is 74.7 Å². The lowest BCUT2D eigenvalue weighted by atomic mass is 10.1. The number of nitrogens with zero attached hydrogens (tertiary/aromatic N) is 1. The summed E-state index contributed by atoms with van der Waals surface area (Å²) in [5.74, 6) is -1.48. The molecule has 0 unspecified atom stereocenters. The number of benzene rings is 3. The number of rotatable bonds is 5. The Morgan fingerprint density at radius 2 is 1.41 bits per heavy atom. The quantitative estimate of drug-likeness (QED) is 0.553. The van der Waals surface area contributed by atoms with Gasteiger partial charge in [-0.3, -0.25) is 4.79 Å². The van der Waals surface area contributed by atoms with Crippen molar-refractivity contribution < 1.29 is 18.3 Å². The third-order valence-corrected chi connectivity index (χ3v) is 7.68. The molecule has 0 spiro atoms. The van der Waals surface area contributed by atoms with Gasteiger partial charge in [0.15, 0.2) is 5.76 Å². The number of aliphatic hydroxyl groups excluding tert-OH is 1. The molecule has 1 amide bonds. The van der Waals surface area contributed by atoms with Gasteiger partial charge in [-0.1, -0.05) is 71.3 Å². The zero-order valence-electron chi connectivity index (χ0n) is 17.6. The molecule has 4 rings (SSSR count). The van der Waals surface area contributed by atoms with Gasteiger partial charge in [0.1, 0.15) is 4.91 Å². The summed E-state index contributed by atoms with van der Waals surface area (Å²) in [5, 5.41) is 11.3. The number of sulfone groups is 1. The molecule has 1 heterocycles. The minimum absolute atomic E-state index is 0.0219. The van der Waals surface area contributed by atoms with Gasteiger partial charge in [-0.15, -0.1) is 0 Å². The van der Waals surface area contributed by atoms with Crippen LogP contribution >= 0.6 is 11.6 Å². The summed E-state index contributed by atoms with van der Waals surface area (Å²) in [7, 11) is -4.14. The van der Waals surface area contributed by atoms with Crippen LogP contribution in [0.2, 0.25) is 5.02 Å². The van der Waals surface area contributed by atoms with Gasteiger partial charge < -0.3 is 10.0 Å². The molecule has 0 saturated carbocycles. The fourth-order valence-electron chi connectivity index (χ4n) is 3.78. The summed E-state index contributed by atoms with van der Waals surface area (Å²) in [5.41, 5.74) is 3.34. The van der Waals surface area contributed by atoms with Gasteiger partial charge in [0.05, 0.1) is 10.9 Å². The lowest BCUT2D eigenvalue weighted by Crippen LogP contribution is -2.30. The van der Waals surface area contributed by atoms with Gasteiger partial charge in [0.25, 0.3) is 5.91 Å². The number of carbonyl (C=O) groups excluding carboxylic acids is 1. The molecular weight excluding hydrogens is 446 g/mol. The minimum Gasteiger partial charge on any atom is -0.502 e. The molecule has 1 atom stereocenters. The van der Waals surface area contributed by atoms with Crippen molar-refractivity contribution in [3.05, 3.63) is 111 Å². The van der Waals surface area contributed by atoms with E-state index in [1.165, 1.54) is 17.0 Å². The summed E-state index contributed by atoms with van der Waals surface area (Å²) >= 11 is 6.03. The maximum Gasteiger partial charge on any atom is 0.290 e. The second-order valence-corrected chi connectivity index (χ2v) is 10.3. The highest BCUT2D eigenvalue weighted by Crippen LogP contribution is 2.43. The van der Waals surface area contributed by atoms with Crippen LogP contribution in [0.15, 0.2) is 88.4 Å². The van der Waals surface area contributed by atoms with Crippen molar-refractivity contribution >= 4 is 27.3 Å². The van der Waals surface area contributed by atoms with Gasteiger partial charge in [0.2, 0.25) is 9.84 Å². The van der Waals surface area contributed by atoms with Crippen LogP contribution in [-0.4, -0.2) is 24.3 Å². The number of hydrogen-bond acceptors (Lipinski definition) is 4. The van der Waals surface area contributed by atoms with Gasteiger partial charge >= 0.3 is 0 Å². The van der Waals surface area contributed by atoms with Crippen molar-refractivity contribution in [1.82, 2.24) is 4.90 Å². The maximum atomic E-state index is 13.6. The molecule has 0 fully saturated rings. The van der Waals surface area contributed by atoms with Crippen LogP contribution < -0.4 is 0 Å². The summed E-state index contributed by atoms with van der Waals surface area (Å²) < 4.78 is 27.1. The van der Waals surface area contributed by atoms with E-state index in [4.69, 9.17) is 11.6 Å². The van der Waals surface area contributed by atoms with Crippen molar-refractivity contribution in [2.75, 3.05) is 0 Å². The van der Waals surface area contributed by atoms with Gasteiger partial charge in [-0.05, 0) is 49.2 Å². The molecule has 32 heavy (non-hydrogen) atoms. The van der Waals surface area contributed by atoms with E-state index in [1.807, 2.05) is 38.1 Å². The maximum absolute atomic E-state index is 13.6. The van der Waals surface area contributed by atoms with Crippen LogP contribution in [0.1, 0.15) is 28.3 Å². The zero-order chi connectivity index (χ0) is 23.0. The Balaban J connectivity index is 1.84. The molecule has 0 bridgehead atoms. The van der Waals surface area contributed by atoms with Crippen LogP contribution in [0.3, 0.4) is 0 Å². The van der Waals surface area contributed by atoms with Crippen LogP contribution in [0.5, 0.6) is 0 Å². The third kappa shape index (κ3) is 4.04. The SMILES string of the molecule is Cc1ccc(CN2C(=O)C(O)=C(S(=O)(=O)c3ccc(C)cc3)[C@@H]2c2ccc(Cl)cc2)cc1. The van der Waals surface area contributed by atoms with E-state index >= 15 is 0 Å². The lowest BCUT2D eigenvalue weighted by Gasteiger charge is -2.27. The van der Waals surface area contributed by atoms with Crippen molar-refractivity contribution in [3.63, 3.8) is 0 Å². The number of aryl methyl sites for hydroxylation is 2. The first-order valence-corrected chi connectivity index (χ1v) is 11.9. The van der Waals surface area contributed by atoms with Gasteiger partial charge in [0, 0.05) is 11.6 Å². The Kier molecular flexibility index (Phi) is 5.84. The first kappa shape index (κ1) is 22.1. The molecule has 7 heteroatoms. The van der Waals surface area contributed by atoms with E-state index in [2.05, 4.69) is 0 Å². The fourth-order valence-corrected chi connectivity index (χ4v) is 5.55. The van der Waals surface area contributed by atoms with Gasteiger partial charge in [-0.2, -0.15) is 0 Å². The van der Waals surface area contributed by atoms with E-state index in [9.17, 15) is 18.3 Å². The average Bonchev–Trinajstić information content (AvgIpc) is 3.01. The second-order valence-electron chi connectivity index (χ2n) is 7.90. The molecule has 1 aliphatic rings. The number of amides is 1. The van der Waals surface area contributed by atoms with Crippen molar-refractivity contribution in [3.8, 4) is 0 Å². The molecule has 1 N–H and O–H groups in total. The molecule has 0 saturated heterocycles. The average molecular weight is 468 g/mol. The molecule has 0 aromatic heterocycles. The summed E-state index contributed by atoms with van der Waals surface area (Å²) in [4.78, 5) is 14.2. The van der Waals surface area contributed by atoms with Crippen molar-refractivity contribution in [1.29, 1.82) is 0 Å². The Morgan fingerprint density at radius 1 is 0.875 bits per heavy atom. The second kappa shape index (κ2) is 8.45. The standard InChI is InChI=1S/C25H22ClNO4S/c1-16-3-7-18(8-4-16)15-27-22(19-9-11-20(26)12-10-19)24(23(28)25(27)29)32(30,31)21-13-5-17(2)6-14-21/h3-14,22,28H,15H2,1-2H3/t22-/m0/s1. The van der Waals surface area contributed by atoms with Crippen LogP contribution in [0, 0.1) is 13.8 Å². The van der Waals surface area contributed by atoms with Gasteiger partial charge in [-0.25, -0.2) is 8.42 Å². The molecule has 0 radical (unpaired) electrons. The smallest absolute Gasteiger partial charge is 0.290 e. The monoisotopic (exact) mass is 467 g/mol. The van der Waals surface area contributed by atoms with Crippen molar-refractivity contribution in [2.24, 2.45) is 0 Å². The normalized spacial score (nSPS) is 16.7. The Bertz CT molecular complexity index is 1300. The molecule has 164 valence electrons. The number of aliphatic hydroxyl groups is 1. The first-order valence-electron chi connectivity index (χ1n) is 10.1. The van der Waals surface area contributed by atoms with E-state index in [0.29, 0.717) is 10.6 Å². The Hall–Kier alpha value is -3.09. The Morgan fingerprint density at radius 3 is 1.97 bits per heavy atom. The summed E-state index contributed by atoms with van der Waals surface area (Å²) in [6.07, 6.45) is 0.